The van der Waals surface area contributed by atoms with Gasteiger partial charge in [0.2, 0.25) is 0 Å². The molecule has 0 saturated heterocycles. The Morgan fingerprint density at radius 2 is 1.96 bits per heavy atom. The number of rotatable bonds is 7. The summed E-state index contributed by atoms with van der Waals surface area (Å²) in [5.74, 6) is -0.336. The Hall–Kier alpha value is -2.62. The largest absolute Gasteiger partial charge is 0.496 e. The van der Waals surface area contributed by atoms with Crippen LogP contribution in [0.5, 0.6) is 11.5 Å². The summed E-state index contributed by atoms with van der Waals surface area (Å²) >= 11 is 2.12. The second kappa shape index (κ2) is 9.02. The Morgan fingerprint density at radius 3 is 2.60 bits per heavy atom. The van der Waals surface area contributed by atoms with Crippen LogP contribution in [0.2, 0.25) is 0 Å². The van der Waals surface area contributed by atoms with Crippen molar-refractivity contribution in [2.45, 2.75) is 0 Å². The summed E-state index contributed by atoms with van der Waals surface area (Å²) in [7, 11) is 1.54. The van der Waals surface area contributed by atoms with Crippen molar-refractivity contribution >= 4 is 40.7 Å². The highest BCUT2D eigenvalue weighted by atomic mass is 127. The molecule has 2 aromatic rings. The summed E-state index contributed by atoms with van der Waals surface area (Å²) in [6.07, 6.45) is 1.48. The van der Waals surface area contributed by atoms with E-state index in [1.807, 2.05) is 0 Å². The summed E-state index contributed by atoms with van der Waals surface area (Å²) in [4.78, 5) is 22.5. The molecule has 2 N–H and O–H groups in total. The lowest BCUT2D eigenvalue weighted by atomic mass is 10.2. The minimum absolute atomic E-state index is 0.354. The van der Waals surface area contributed by atoms with Gasteiger partial charge in [-0.05, 0) is 70.6 Å². The number of amides is 1. The predicted octanol–water partition coefficient (Wildman–Crippen LogP) is 2.53. The summed E-state index contributed by atoms with van der Waals surface area (Å²) in [6.45, 7) is -0.400. The Kier molecular flexibility index (Phi) is 6.75. The van der Waals surface area contributed by atoms with E-state index in [1.165, 1.54) is 6.21 Å². The summed E-state index contributed by atoms with van der Waals surface area (Å²) < 4.78 is 11.1. The smallest absolute Gasteiger partial charge is 0.341 e. The van der Waals surface area contributed by atoms with Gasteiger partial charge in [0, 0.05) is 5.56 Å². The van der Waals surface area contributed by atoms with Crippen LogP contribution in [0, 0.1) is 3.57 Å². The van der Waals surface area contributed by atoms with Crippen LogP contribution in [-0.4, -0.2) is 36.9 Å². The van der Waals surface area contributed by atoms with Crippen LogP contribution < -0.4 is 14.9 Å². The number of carboxylic acids is 1. The quantitative estimate of drug-likeness (QED) is 0.381. The lowest BCUT2D eigenvalue weighted by molar-refractivity contribution is -0.139. The summed E-state index contributed by atoms with van der Waals surface area (Å²) in [5, 5.41) is 12.4. The number of hydrogen-bond donors (Lipinski definition) is 2. The molecule has 0 saturated carbocycles. The topological polar surface area (TPSA) is 97.2 Å². The maximum Gasteiger partial charge on any atom is 0.341 e. The van der Waals surface area contributed by atoms with Crippen molar-refractivity contribution in [3.05, 3.63) is 57.2 Å². The van der Waals surface area contributed by atoms with Gasteiger partial charge >= 0.3 is 5.97 Å². The summed E-state index contributed by atoms with van der Waals surface area (Å²) in [5.41, 5.74) is 3.60. The first-order valence-corrected chi connectivity index (χ1v) is 8.19. The van der Waals surface area contributed by atoms with Crippen molar-refractivity contribution in [3.63, 3.8) is 0 Å². The standard InChI is InChI=1S/C17H15IN2O5/c1-24-15-8-12(4-7-14(15)18)17(23)20-19-9-11-2-5-13(6-3-11)25-10-16(21)22/h2-9H,10H2,1H3,(H,20,23)(H,21,22)/b19-9-. The zero-order valence-electron chi connectivity index (χ0n) is 13.2. The molecule has 0 unspecified atom stereocenters. The lowest BCUT2D eigenvalue weighted by Gasteiger charge is -2.05. The highest BCUT2D eigenvalue weighted by Gasteiger charge is 2.08. The van der Waals surface area contributed by atoms with E-state index in [-0.39, 0.29) is 5.91 Å². The Balaban J connectivity index is 1.93. The predicted molar refractivity (Wildman–Crippen MR) is 100 cm³/mol. The zero-order valence-corrected chi connectivity index (χ0v) is 15.4. The fourth-order valence-electron chi connectivity index (χ4n) is 1.83. The molecule has 0 aliphatic heterocycles. The number of nitrogens with zero attached hydrogens (tertiary/aromatic N) is 1. The maximum atomic E-state index is 12.1. The molecule has 0 atom stereocenters. The van der Waals surface area contributed by atoms with Crippen molar-refractivity contribution in [1.29, 1.82) is 0 Å². The van der Waals surface area contributed by atoms with E-state index in [2.05, 4.69) is 33.1 Å². The first-order chi connectivity index (χ1) is 12.0. The third-order valence-corrected chi connectivity index (χ3v) is 3.93. The fraction of sp³-hybridized carbons (Fsp3) is 0.118. The van der Waals surface area contributed by atoms with E-state index >= 15 is 0 Å². The van der Waals surface area contributed by atoms with E-state index in [0.29, 0.717) is 17.1 Å². The van der Waals surface area contributed by atoms with E-state index in [1.54, 1.807) is 49.6 Å². The Labute approximate surface area is 157 Å². The van der Waals surface area contributed by atoms with Gasteiger partial charge in [0.1, 0.15) is 11.5 Å². The highest BCUT2D eigenvalue weighted by molar-refractivity contribution is 14.1. The number of carbonyl (C=O) groups is 2. The number of halogens is 1. The van der Waals surface area contributed by atoms with Gasteiger partial charge in [0.05, 0.1) is 16.9 Å². The Morgan fingerprint density at radius 1 is 1.24 bits per heavy atom. The maximum absolute atomic E-state index is 12.1. The van der Waals surface area contributed by atoms with Crippen LogP contribution in [-0.2, 0) is 4.79 Å². The van der Waals surface area contributed by atoms with E-state index in [9.17, 15) is 9.59 Å². The van der Waals surface area contributed by atoms with E-state index in [4.69, 9.17) is 14.6 Å². The third kappa shape index (κ3) is 5.75. The number of hydrazone groups is 1. The monoisotopic (exact) mass is 454 g/mol. The number of hydrogen-bond acceptors (Lipinski definition) is 5. The van der Waals surface area contributed by atoms with Gasteiger partial charge in [-0.25, -0.2) is 10.2 Å². The fourth-order valence-corrected chi connectivity index (χ4v) is 2.38. The molecule has 0 bridgehead atoms. The first-order valence-electron chi connectivity index (χ1n) is 7.11. The van der Waals surface area contributed by atoms with Crippen molar-refractivity contribution in [2.75, 3.05) is 13.7 Å². The molecule has 0 aromatic heterocycles. The third-order valence-electron chi connectivity index (χ3n) is 3.04. The average Bonchev–Trinajstić information content (AvgIpc) is 2.61. The number of aliphatic carboxylic acids is 1. The molecular formula is C17H15IN2O5. The second-order valence-corrected chi connectivity index (χ2v) is 5.96. The molecule has 2 rings (SSSR count). The van der Waals surface area contributed by atoms with Crippen LogP contribution >= 0.6 is 22.6 Å². The van der Waals surface area contributed by atoms with Gasteiger partial charge < -0.3 is 14.6 Å². The second-order valence-electron chi connectivity index (χ2n) is 4.80. The number of carbonyl (C=O) groups excluding carboxylic acids is 1. The van der Waals surface area contributed by atoms with Crippen molar-refractivity contribution in [2.24, 2.45) is 5.10 Å². The van der Waals surface area contributed by atoms with Crippen LogP contribution in [0.3, 0.4) is 0 Å². The molecule has 2 aromatic carbocycles. The average molecular weight is 454 g/mol. The van der Waals surface area contributed by atoms with Crippen LogP contribution in [0.4, 0.5) is 0 Å². The SMILES string of the molecule is COc1cc(C(=O)N/N=C\c2ccc(OCC(=O)O)cc2)ccc1I. The molecular weight excluding hydrogens is 439 g/mol. The lowest BCUT2D eigenvalue weighted by Crippen LogP contribution is -2.17. The van der Waals surface area contributed by atoms with Crippen LogP contribution in [0.15, 0.2) is 47.6 Å². The molecule has 0 spiro atoms. The minimum Gasteiger partial charge on any atom is -0.496 e. The molecule has 0 fully saturated rings. The van der Waals surface area contributed by atoms with E-state index < -0.39 is 12.6 Å². The minimum atomic E-state index is -1.04. The number of ether oxygens (including phenoxy) is 2. The molecule has 0 radical (unpaired) electrons. The van der Waals surface area contributed by atoms with Gasteiger partial charge in [-0.15, -0.1) is 0 Å². The molecule has 0 heterocycles. The molecule has 130 valence electrons. The number of benzene rings is 2. The van der Waals surface area contributed by atoms with Gasteiger partial charge in [0.25, 0.3) is 5.91 Å². The van der Waals surface area contributed by atoms with Crippen molar-refractivity contribution in [3.8, 4) is 11.5 Å². The molecule has 25 heavy (non-hydrogen) atoms. The first kappa shape index (κ1) is 18.7. The molecule has 0 aliphatic carbocycles. The highest BCUT2D eigenvalue weighted by Crippen LogP contribution is 2.21. The Bertz CT molecular complexity index is 790. The van der Waals surface area contributed by atoms with Crippen molar-refractivity contribution in [1.82, 2.24) is 5.43 Å². The molecule has 7 nitrogen and oxygen atoms in total. The van der Waals surface area contributed by atoms with Gasteiger partial charge in [-0.2, -0.15) is 5.10 Å². The van der Waals surface area contributed by atoms with Gasteiger partial charge in [0.15, 0.2) is 6.61 Å². The van der Waals surface area contributed by atoms with E-state index in [0.717, 1.165) is 9.13 Å². The normalized spacial score (nSPS) is 10.5. The van der Waals surface area contributed by atoms with Gasteiger partial charge in [-0.1, -0.05) is 0 Å². The molecule has 0 aliphatic rings. The van der Waals surface area contributed by atoms with Crippen LogP contribution in [0.25, 0.3) is 0 Å². The number of methoxy groups -OCH3 is 1. The van der Waals surface area contributed by atoms with Crippen LogP contribution in [0.1, 0.15) is 15.9 Å². The zero-order chi connectivity index (χ0) is 18.2. The van der Waals surface area contributed by atoms with Crippen molar-refractivity contribution < 1.29 is 24.2 Å². The molecule has 1 amide bonds. The molecule has 8 heteroatoms. The van der Waals surface area contributed by atoms with Gasteiger partial charge in [-0.3, -0.25) is 4.79 Å². The summed E-state index contributed by atoms with van der Waals surface area (Å²) in [6, 6.07) is 11.7. The number of carboxylic acid groups (broad SMARTS) is 1. The number of nitrogens with one attached hydrogen (secondary N) is 1.